The van der Waals surface area contributed by atoms with Gasteiger partial charge in [0, 0.05) is 13.6 Å². The third-order valence-corrected chi connectivity index (χ3v) is 2.92. The van der Waals surface area contributed by atoms with Gasteiger partial charge in [0.15, 0.2) is 0 Å². The Morgan fingerprint density at radius 3 is 3.00 bits per heavy atom. The maximum atomic E-state index is 11.6. The van der Waals surface area contributed by atoms with Crippen molar-refractivity contribution in [2.45, 2.75) is 25.3 Å². The average molecular weight is 230 g/mol. The van der Waals surface area contributed by atoms with Gasteiger partial charge in [-0.15, -0.1) is 0 Å². The summed E-state index contributed by atoms with van der Waals surface area (Å²) in [6.45, 7) is 2.73. The molecule has 1 rings (SSSR count). The van der Waals surface area contributed by atoms with Gasteiger partial charge in [-0.05, 0) is 19.4 Å². The lowest BCUT2D eigenvalue weighted by molar-refractivity contribution is -0.127. The molecule has 16 heavy (non-hydrogen) atoms. The number of ether oxygens (including phenoxy) is 1. The predicted octanol–water partition coefficient (Wildman–Crippen LogP) is -0.404. The molecular weight excluding hydrogens is 208 g/mol. The number of likely N-dealkylation sites (N-methyl/N-ethyl adjacent to an activating group) is 1. The SMILES string of the molecule is CNC(=O)C1CCCCN1CCOCCO. The number of rotatable bonds is 6. The molecule has 0 saturated carbocycles. The van der Waals surface area contributed by atoms with E-state index in [1.54, 1.807) is 7.05 Å². The van der Waals surface area contributed by atoms with Crippen LogP contribution in [0.2, 0.25) is 0 Å². The van der Waals surface area contributed by atoms with E-state index in [1.807, 2.05) is 0 Å². The number of nitrogens with one attached hydrogen (secondary N) is 1. The monoisotopic (exact) mass is 230 g/mol. The summed E-state index contributed by atoms with van der Waals surface area (Å²) in [5.41, 5.74) is 0. The summed E-state index contributed by atoms with van der Waals surface area (Å²) in [5.74, 6) is 0.0989. The first-order valence-corrected chi connectivity index (χ1v) is 5.94. The molecule has 1 atom stereocenters. The lowest BCUT2D eigenvalue weighted by atomic mass is 10.0. The average Bonchev–Trinajstić information content (AvgIpc) is 2.34. The molecule has 5 heteroatoms. The molecule has 1 aliphatic rings. The van der Waals surface area contributed by atoms with Crippen molar-refractivity contribution in [3.63, 3.8) is 0 Å². The van der Waals surface area contributed by atoms with E-state index in [0.29, 0.717) is 13.2 Å². The normalized spacial score (nSPS) is 22.0. The quantitative estimate of drug-likeness (QED) is 0.609. The number of carbonyl (C=O) groups is 1. The summed E-state index contributed by atoms with van der Waals surface area (Å²) >= 11 is 0. The van der Waals surface area contributed by atoms with Crippen LogP contribution in [0.25, 0.3) is 0 Å². The highest BCUT2D eigenvalue weighted by Gasteiger charge is 2.27. The van der Waals surface area contributed by atoms with E-state index in [4.69, 9.17) is 9.84 Å². The highest BCUT2D eigenvalue weighted by molar-refractivity contribution is 5.81. The smallest absolute Gasteiger partial charge is 0.237 e. The molecule has 0 aromatic carbocycles. The minimum atomic E-state index is -0.00326. The Kier molecular flexibility index (Phi) is 6.37. The Morgan fingerprint density at radius 2 is 2.31 bits per heavy atom. The molecule has 1 amide bonds. The van der Waals surface area contributed by atoms with E-state index in [-0.39, 0.29) is 18.6 Å². The standard InChI is InChI=1S/C11H22N2O3/c1-12-11(15)10-4-2-3-5-13(10)6-8-16-9-7-14/h10,14H,2-9H2,1H3,(H,12,15). The number of nitrogens with zero attached hydrogens (tertiary/aromatic N) is 1. The lowest BCUT2D eigenvalue weighted by Gasteiger charge is -2.34. The van der Waals surface area contributed by atoms with Crippen LogP contribution in [0.1, 0.15) is 19.3 Å². The molecule has 1 unspecified atom stereocenters. The second-order valence-corrected chi connectivity index (χ2v) is 4.00. The molecule has 0 aromatic rings. The summed E-state index contributed by atoms with van der Waals surface area (Å²) < 4.78 is 5.22. The largest absolute Gasteiger partial charge is 0.394 e. The van der Waals surface area contributed by atoms with Gasteiger partial charge in [0.2, 0.25) is 5.91 Å². The number of aliphatic hydroxyl groups is 1. The van der Waals surface area contributed by atoms with Crippen molar-refractivity contribution in [3.8, 4) is 0 Å². The second-order valence-electron chi connectivity index (χ2n) is 4.00. The van der Waals surface area contributed by atoms with Crippen molar-refractivity contribution < 1.29 is 14.6 Å². The molecule has 1 saturated heterocycles. The fourth-order valence-electron chi connectivity index (χ4n) is 2.07. The van der Waals surface area contributed by atoms with E-state index in [2.05, 4.69) is 10.2 Å². The molecule has 1 fully saturated rings. The second kappa shape index (κ2) is 7.60. The topological polar surface area (TPSA) is 61.8 Å². The number of piperidine rings is 1. The van der Waals surface area contributed by atoms with E-state index in [1.165, 1.54) is 0 Å². The maximum Gasteiger partial charge on any atom is 0.237 e. The van der Waals surface area contributed by atoms with Gasteiger partial charge in [0.05, 0.1) is 25.9 Å². The van der Waals surface area contributed by atoms with Gasteiger partial charge in [-0.2, -0.15) is 0 Å². The van der Waals surface area contributed by atoms with E-state index < -0.39 is 0 Å². The van der Waals surface area contributed by atoms with E-state index >= 15 is 0 Å². The zero-order valence-electron chi connectivity index (χ0n) is 9.95. The fourth-order valence-corrected chi connectivity index (χ4v) is 2.07. The molecule has 1 aliphatic heterocycles. The minimum Gasteiger partial charge on any atom is -0.394 e. The number of carbonyl (C=O) groups excluding carboxylic acids is 1. The minimum absolute atomic E-state index is 0.00326. The molecule has 5 nitrogen and oxygen atoms in total. The molecule has 0 aromatic heterocycles. The first-order chi connectivity index (χ1) is 7.79. The number of hydrogen-bond acceptors (Lipinski definition) is 4. The van der Waals surface area contributed by atoms with Crippen LogP contribution in [-0.4, -0.2) is 61.9 Å². The number of amides is 1. The zero-order valence-corrected chi connectivity index (χ0v) is 9.95. The van der Waals surface area contributed by atoms with Gasteiger partial charge in [-0.25, -0.2) is 0 Å². The van der Waals surface area contributed by atoms with E-state index in [9.17, 15) is 4.79 Å². The maximum absolute atomic E-state index is 11.6. The van der Waals surface area contributed by atoms with Gasteiger partial charge in [0.25, 0.3) is 0 Å². The van der Waals surface area contributed by atoms with Crippen molar-refractivity contribution in [1.29, 1.82) is 0 Å². The van der Waals surface area contributed by atoms with Gasteiger partial charge in [0.1, 0.15) is 0 Å². The molecule has 0 radical (unpaired) electrons. The Hall–Kier alpha value is -0.650. The molecule has 0 bridgehead atoms. The first kappa shape index (κ1) is 13.4. The summed E-state index contributed by atoms with van der Waals surface area (Å²) in [4.78, 5) is 13.8. The predicted molar refractivity (Wildman–Crippen MR) is 61.2 cm³/mol. The third kappa shape index (κ3) is 4.08. The zero-order chi connectivity index (χ0) is 11.8. The van der Waals surface area contributed by atoms with Crippen LogP contribution in [0, 0.1) is 0 Å². The molecule has 2 N–H and O–H groups in total. The number of aliphatic hydroxyl groups excluding tert-OH is 1. The molecule has 94 valence electrons. The Bertz CT molecular complexity index is 211. The molecule has 1 heterocycles. The van der Waals surface area contributed by atoms with E-state index in [0.717, 1.165) is 32.4 Å². The van der Waals surface area contributed by atoms with Gasteiger partial charge in [-0.1, -0.05) is 6.42 Å². The molecule has 0 aliphatic carbocycles. The highest BCUT2D eigenvalue weighted by Crippen LogP contribution is 2.16. The highest BCUT2D eigenvalue weighted by atomic mass is 16.5. The van der Waals surface area contributed by atoms with Crippen molar-refractivity contribution in [1.82, 2.24) is 10.2 Å². The van der Waals surface area contributed by atoms with Gasteiger partial charge in [-0.3, -0.25) is 9.69 Å². The number of likely N-dealkylation sites (tertiary alicyclic amines) is 1. The number of hydrogen-bond donors (Lipinski definition) is 2. The fraction of sp³-hybridized carbons (Fsp3) is 0.909. The Balaban J connectivity index is 2.32. The van der Waals surface area contributed by atoms with Crippen LogP contribution in [0.5, 0.6) is 0 Å². The van der Waals surface area contributed by atoms with Gasteiger partial charge >= 0.3 is 0 Å². The van der Waals surface area contributed by atoms with Crippen molar-refractivity contribution >= 4 is 5.91 Å². The van der Waals surface area contributed by atoms with Gasteiger partial charge < -0.3 is 15.2 Å². The van der Waals surface area contributed by atoms with Crippen molar-refractivity contribution in [2.24, 2.45) is 0 Å². The Labute approximate surface area is 96.8 Å². The Morgan fingerprint density at radius 1 is 1.50 bits per heavy atom. The lowest BCUT2D eigenvalue weighted by Crippen LogP contribution is -2.49. The molecular formula is C11H22N2O3. The van der Waals surface area contributed by atoms with Crippen molar-refractivity contribution in [2.75, 3.05) is 40.0 Å². The summed E-state index contributed by atoms with van der Waals surface area (Å²) in [7, 11) is 1.68. The molecule has 0 spiro atoms. The van der Waals surface area contributed by atoms with Crippen molar-refractivity contribution in [3.05, 3.63) is 0 Å². The van der Waals surface area contributed by atoms with Crippen LogP contribution in [0.15, 0.2) is 0 Å². The van der Waals surface area contributed by atoms with Crippen LogP contribution < -0.4 is 5.32 Å². The first-order valence-electron chi connectivity index (χ1n) is 5.94. The van der Waals surface area contributed by atoms with Crippen LogP contribution in [-0.2, 0) is 9.53 Å². The third-order valence-electron chi connectivity index (χ3n) is 2.92. The summed E-state index contributed by atoms with van der Waals surface area (Å²) in [6, 6.07) is -0.00326. The van der Waals surface area contributed by atoms with Crippen LogP contribution in [0.3, 0.4) is 0 Å². The summed E-state index contributed by atoms with van der Waals surface area (Å²) in [5, 5.41) is 11.3. The van der Waals surface area contributed by atoms with Crippen LogP contribution in [0.4, 0.5) is 0 Å². The summed E-state index contributed by atoms with van der Waals surface area (Å²) in [6.07, 6.45) is 3.19. The van der Waals surface area contributed by atoms with Crippen LogP contribution >= 0.6 is 0 Å².